The van der Waals surface area contributed by atoms with Gasteiger partial charge in [0.05, 0.1) is 13.2 Å². The molecule has 6 nitrogen and oxygen atoms in total. The van der Waals surface area contributed by atoms with Crippen LogP contribution in [-0.2, 0) is 17.7 Å². The number of anilines is 3. The molecule has 1 fully saturated rings. The molecule has 0 amide bonds. The standard InChI is InChI=1S/C17H21N5O/c18-15-16(21-7-9-23-10-8-21)19-12-20-17(15)22-6-5-13-3-1-2-4-14(13)11-22/h1-4,12H,5-11,18H2. The zero-order valence-electron chi connectivity index (χ0n) is 13.1. The maximum atomic E-state index is 6.42. The number of fused-ring (bicyclic) bond motifs is 1. The molecular formula is C17H21N5O. The lowest BCUT2D eigenvalue weighted by Crippen LogP contribution is -2.38. The van der Waals surface area contributed by atoms with Gasteiger partial charge in [0.15, 0.2) is 11.6 Å². The van der Waals surface area contributed by atoms with Crippen LogP contribution < -0.4 is 15.5 Å². The fraction of sp³-hybridized carbons (Fsp3) is 0.412. The quantitative estimate of drug-likeness (QED) is 0.905. The van der Waals surface area contributed by atoms with Gasteiger partial charge in [-0.25, -0.2) is 9.97 Å². The largest absolute Gasteiger partial charge is 0.393 e. The number of hydrogen-bond acceptors (Lipinski definition) is 6. The second kappa shape index (κ2) is 6.04. The normalized spacial score (nSPS) is 17.9. The van der Waals surface area contributed by atoms with E-state index in [0.29, 0.717) is 5.69 Å². The van der Waals surface area contributed by atoms with E-state index in [1.807, 2.05) is 0 Å². The molecular weight excluding hydrogens is 290 g/mol. The minimum Gasteiger partial charge on any atom is -0.393 e. The molecule has 0 unspecified atom stereocenters. The molecule has 6 heteroatoms. The van der Waals surface area contributed by atoms with E-state index in [0.717, 1.165) is 57.4 Å². The van der Waals surface area contributed by atoms with Crippen LogP contribution in [0.5, 0.6) is 0 Å². The van der Waals surface area contributed by atoms with Crippen LogP contribution in [0.2, 0.25) is 0 Å². The van der Waals surface area contributed by atoms with Crippen molar-refractivity contribution in [2.24, 2.45) is 0 Å². The van der Waals surface area contributed by atoms with Crippen molar-refractivity contribution in [3.05, 3.63) is 41.7 Å². The average molecular weight is 311 g/mol. The Balaban J connectivity index is 1.62. The summed E-state index contributed by atoms with van der Waals surface area (Å²) in [5.41, 5.74) is 9.86. The Kier molecular flexibility index (Phi) is 3.75. The van der Waals surface area contributed by atoms with Gasteiger partial charge in [0.1, 0.15) is 12.0 Å². The van der Waals surface area contributed by atoms with Crippen LogP contribution >= 0.6 is 0 Å². The monoisotopic (exact) mass is 311 g/mol. The first-order valence-electron chi connectivity index (χ1n) is 8.08. The van der Waals surface area contributed by atoms with E-state index in [2.05, 4.69) is 44.0 Å². The van der Waals surface area contributed by atoms with Crippen molar-refractivity contribution in [2.75, 3.05) is 48.4 Å². The Morgan fingerprint density at radius 3 is 2.39 bits per heavy atom. The van der Waals surface area contributed by atoms with Gasteiger partial charge in [-0.2, -0.15) is 0 Å². The van der Waals surface area contributed by atoms with E-state index in [1.54, 1.807) is 6.33 Å². The van der Waals surface area contributed by atoms with Gasteiger partial charge in [-0.05, 0) is 17.5 Å². The van der Waals surface area contributed by atoms with Gasteiger partial charge in [-0.3, -0.25) is 0 Å². The summed E-state index contributed by atoms with van der Waals surface area (Å²) in [6.07, 6.45) is 2.64. The van der Waals surface area contributed by atoms with Crippen LogP contribution in [0.1, 0.15) is 11.1 Å². The first-order chi connectivity index (χ1) is 11.3. The highest BCUT2D eigenvalue weighted by atomic mass is 16.5. The van der Waals surface area contributed by atoms with E-state index < -0.39 is 0 Å². The van der Waals surface area contributed by atoms with Gasteiger partial charge < -0.3 is 20.3 Å². The molecule has 1 saturated heterocycles. The molecule has 0 bridgehead atoms. The van der Waals surface area contributed by atoms with Crippen LogP contribution in [-0.4, -0.2) is 42.8 Å². The lowest BCUT2D eigenvalue weighted by molar-refractivity contribution is 0.122. The molecule has 23 heavy (non-hydrogen) atoms. The smallest absolute Gasteiger partial charge is 0.157 e. The number of nitrogen functional groups attached to an aromatic ring is 1. The van der Waals surface area contributed by atoms with Crippen LogP contribution in [0.3, 0.4) is 0 Å². The third kappa shape index (κ3) is 2.70. The summed E-state index contributed by atoms with van der Waals surface area (Å²) < 4.78 is 5.41. The van der Waals surface area contributed by atoms with E-state index in [1.165, 1.54) is 11.1 Å². The molecule has 0 atom stereocenters. The summed E-state index contributed by atoms with van der Waals surface area (Å²) in [5, 5.41) is 0. The van der Waals surface area contributed by atoms with Crippen molar-refractivity contribution in [3.8, 4) is 0 Å². The molecule has 1 aromatic carbocycles. The van der Waals surface area contributed by atoms with Gasteiger partial charge in [0, 0.05) is 26.2 Å². The Bertz CT molecular complexity index is 699. The van der Waals surface area contributed by atoms with Crippen LogP contribution in [0.25, 0.3) is 0 Å². The molecule has 3 heterocycles. The summed E-state index contributed by atoms with van der Waals surface area (Å²) in [4.78, 5) is 13.3. The van der Waals surface area contributed by atoms with Crippen molar-refractivity contribution in [1.29, 1.82) is 0 Å². The minimum atomic E-state index is 0.675. The van der Waals surface area contributed by atoms with Crippen LogP contribution in [0, 0.1) is 0 Å². The lowest BCUT2D eigenvalue weighted by atomic mass is 10.00. The zero-order chi connectivity index (χ0) is 15.6. The molecule has 2 aromatic rings. The minimum absolute atomic E-state index is 0.675. The summed E-state index contributed by atoms with van der Waals surface area (Å²) in [6, 6.07) is 8.58. The number of morpholine rings is 1. The van der Waals surface area contributed by atoms with Gasteiger partial charge in [-0.15, -0.1) is 0 Å². The highest BCUT2D eigenvalue weighted by molar-refractivity contribution is 5.76. The highest BCUT2D eigenvalue weighted by Crippen LogP contribution is 2.32. The summed E-state index contributed by atoms with van der Waals surface area (Å²) in [5.74, 6) is 1.67. The number of rotatable bonds is 2. The van der Waals surface area contributed by atoms with Gasteiger partial charge >= 0.3 is 0 Å². The van der Waals surface area contributed by atoms with Crippen molar-refractivity contribution < 1.29 is 4.74 Å². The molecule has 0 radical (unpaired) electrons. The second-order valence-corrected chi connectivity index (χ2v) is 5.97. The molecule has 2 aliphatic heterocycles. The molecule has 0 aliphatic carbocycles. The molecule has 0 spiro atoms. The summed E-state index contributed by atoms with van der Waals surface area (Å²) in [6.45, 7) is 4.86. The number of hydrogen-bond donors (Lipinski definition) is 1. The maximum Gasteiger partial charge on any atom is 0.157 e. The number of nitrogens with two attached hydrogens (primary N) is 1. The Morgan fingerprint density at radius 1 is 0.913 bits per heavy atom. The summed E-state index contributed by atoms with van der Waals surface area (Å²) in [7, 11) is 0. The number of ether oxygens (including phenoxy) is 1. The molecule has 2 aliphatic rings. The number of benzene rings is 1. The maximum absolute atomic E-state index is 6.42. The van der Waals surface area contributed by atoms with Crippen LogP contribution in [0.15, 0.2) is 30.6 Å². The van der Waals surface area contributed by atoms with E-state index in [4.69, 9.17) is 10.5 Å². The predicted molar refractivity (Wildman–Crippen MR) is 90.7 cm³/mol. The third-order valence-corrected chi connectivity index (χ3v) is 4.58. The van der Waals surface area contributed by atoms with Crippen molar-refractivity contribution in [3.63, 3.8) is 0 Å². The van der Waals surface area contributed by atoms with Gasteiger partial charge in [-0.1, -0.05) is 24.3 Å². The molecule has 1 aromatic heterocycles. The number of aromatic nitrogens is 2. The third-order valence-electron chi connectivity index (χ3n) is 4.58. The second-order valence-electron chi connectivity index (χ2n) is 5.97. The molecule has 4 rings (SSSR count). The van der Waals surface area contributed by atoms with Crippen molar-refractivity contribution >= 4 is 17.3 Å². The lowest BCUT2D eigenvalue weighted by Gasteiger charge is -2.33. The molecule has 0 saturated carbocycles. The Labute approximate surface area is 135 Å². The molecule has 2 N–H and O–H groups in total. The molecule has 120 valence electrons. The average Bonchev–Trinajstić information content (AvgIpc) is 2.62. The first-order valence-corrected chi connectivity index (χ1v) is 8.08. The van der Waals surface area contributed by atoms with E-state index in [9.17, 15) is 0 Å². The fourth-order valence-corrected chi connectivity index (χ4v) is 3.33. The fourth-order valence-electron chi connectivity index (χ4n) is 3.33. The van der Waals surface area contributed by atoms with Crippen molar-refractivity contribution in [2.45, 2.75) is 13.0 Å². The predicted octanol–water partition coefficient (Wildman–Crippen LogP) is 1.46. The van der Waals surface area contributed by atoms with Crippen molar-refractivity contribution in [1.82, 2.24) is 9.97 Å². The van der Waals surface area contributed by atoms with Gasteiger partial charge in [0.2, 0.25) is 0 Å². The highest BCUT2D eigenvalue weighted by Gasteiger charge is 2.23. The van der Waals surface area contributed by atoms with E-state index >= 15 is 0 Å². The van der Waals surface area contributed by atoms with Crippen LogP contribution in [0.4, 0.5) is 17.3 Å². The Morgan fingerprint density at radius 2 is 1.61 bits per heavy atom. The first kappa shape index (κ1) is 14.3. The topological polar surface area (TPSA) is 67.5 Å². The van der Waals surface area contributed by atoms with E-state index in [-0.39, 0.29) is 0 Å². The number of nitrogens with zero attached hydrogens (tertiary/aromatic N) is 4. The zero-order valence-corrected chi connectivity index (χ0v) is 13.1. The Hall–Kier alpha value is -2.34. The summed E-state index contributed by atoms with van der Waals surface area (Å²) >= 11 is 0. The SMILES string of the molecule is Nc1c(N2CCOCC2)ncnc1N1CCc2ccccc2C1. The van der Waals surface area contributed by atoms with Gasteiger partial charge in [0.25, 0.3) is 0 Å².